The molecule has 0 saturated carbocycles. The molecule has 1 aliphatic rings. The number of anilines is 1. The fourth-order valence-electron chi connectivity index (χ4n) is 1.63. The van der Waals surface area contributed by atoms with Gasteiger partial charge in [-0.3, -0.25) is 0 Å². The molecule has 1 saturated heterocycles. The molecule has 1 fully saturated rings. The van der Waals surface area contributed by atoms with Crippen molar-refractivity contribution in [2.45, 2.75) is 12.5 Å². The van der Waals surface area contributed by atoms with Crippen molar-refractivity contribution >= 4 is 11.9 Å². The Hall–Kier alpha value is -1.69. The molecule has 16 heavy (non-hydrogen) atoms. The van der Waals surface area contributed by atoms with Crippen LogP contribution in [0.1, 0.15) is 16.8 Å². The highest BCUT2D eigenvalue weighted by atomic mass is 16.5. The first-order valence-electron chi connectivity index (χ1n) is 5.04. The summed E-state index contributed by atoms with van der Waals surface area (Å²) in [5.41, 5.74) is 0.325. The highest BCUT2D eigenvalue weighted by Crippen LogP contribution is 2.15. The average Bonchev–Trinajstić information content (AvgIpc) is 2.75. The Labute approximate surface area is 92.9 Å². The van der Waals surface area contributed by atoms with Gasteiger partial charge in [0.05, 0.1) is 18.8 Å². The smallest absolute Gasteiger partial charge is 0.341 e. The summed E-state index contributed by atoms with van der Waals surface area (Å²) in [6.45, 7) is 1.27. The Bertz CT molecular complexity index is 379. The Balaban J connectivity index is 2.10. The second kappa shape index (κ2) is 4.44. The van der Waals surface area contributed by atoms with E-state index < -0.39 is 5.97 Å². The number of aromatic nitrogens is 2. The second-order valence-corrected chi connectivity index (χ2v) is 3.65. The summed E-state index contributed by atoms with van der Waals surface area (Å²) in [6.07, 6.45) is 3.27. The Morgan fingerprint density at radius 3 is 2.75 bits per heavy atom. The largest absolute Gasteiger partial charge is 0.465 e. The van der Waals surface area contributed by atoms with E-state index in [0.29, 0.717) is 18.1 Å². The maximum Gasteiger partial charge on any atom is 0.341 e. The predicted molar refractivity (Wildman–Crippen MR) is 56.2 cm³/mol. The van der Waals surface area contributed by atoms with Gasteiger partial charge in [0.2, 0.25) is 5.95 Å². The summed E-state index contributed by atoms with van der Waals surface area (Å²) in [5, 5.41) is 9.37. The first kappa shape index (κ1) is 10.8. The van der Waals surface area contributed by atoms with Gasteiger partial charge in [-0.2, -0.15) is 0 Å². The highest BCUT2D eigenvalue weighted by Gasteiger charge is 2.22. The van der Waals surface area contributed by atoms with Crippen LogP contribution in [0.15, 0.2) is 12.4 Å². The van der Waals surface area contributed by atoms with Crippen LogP contribution >= 0.6 is 0 Å². The lowest BCUT2D eigenvalue weighted by Gasteiger charge is -2.14. The fourth-order valence-corrected chi connectivity index (χ4v) is 1.63. The van der Waals surface area contributed by atoms with Gasteiger partial charge in [-0.15, -0.1) is 0 Å². The minimum Gasteiger partial charge on any atom is -0.465 e. The number of esters is 1. The first-order valence-corrected chi connectivity index (χ1v) is 5.04. The molecule has 1 atom stereocenters. The standard InChI is InChI=1S/C10H13N3O3/c1-16-9(15)7-4-11-10(12-5-7)13-3-2-8(14)6-13/h4-5,8,14H,2-3,6H2,1H3/t8-/m1/s1. The summed E-state index contributed by atoms with van der Waals surface area (Å²) >= 11 is 0. The molecular weight excluding hydrogens is 210 g/mol. The molecule has 1 N–H and O–H groups in total. The number of carbonyl (C=O) groups is 1. The third-order valence-electron chi connectivity index (χ3n) is 2.51. The van der Waals surface area contributed by atoms with Crippen LogP contribution in [0.5, 0.6) is 0 Å². The molecule has 1 aromatic rings. The number of nitrogens with zero attached hydrogens (tertiary/aromatic N) is 3. The SMILES string of the molecule is COC(=O)c1cnc(N2CC[C@@H](O)C2)nc1. The quantitative estimate of drug-likeness (QED) is 0.702. The van der Waals surface area contributed by atoms with Crippen LogP contribution in [-0.4, -0.2) is 47.3 Å². The number of hydrogen-bond donors (Lipinski definition) is 1. The van der Waals surface area contributed by atoms with E-state index in [1.54, 1.807) is 0 Å². The van der Waals surface area contributed by atoms with Crippen molar-refractivity contribution in [3.8, 4) is 0 Å². The summed E-state index contributed by atoms with van der Waals surface area (Å²) in [6, 6.07) is 0. The maximum absolute atomic E-state index is 11.1. The van der Waals surface area contributed by atoms with Crippen LogP contribution in [0.2, 0.25) is 0 Å². The average molecular weight is 223 g/mol. The van der Waals surface area contributed by atoms with Gasteiger partial charge in [0.15, 0.2) is 0 Å². The molecule has 6 nitrogen and oxygen atoms in total. The van der Waals surface area contributed by atoms with E-state index in [-0.39, 0.29) is 6.10 Å². The van der Waals surface area contributed by atoms with Gasteiger partial charge in [0.1, 0.15) is 0 Å². The van der Waals surface area contributed by atoms with Gasteiger partial charge in [-0.05, 0) is 6.42 Å². The summed E-state index contributed by atoms with van der Waals surface area (Å²) in [5.74, 6) is 0.0807. The van der Waals surface area contributed by atoms with E-state index in [1.165, 1.54) is 19.5 Å². The van der Waals surface area contributed by atoms with Crippen molar-refractivity contribution in [1.29, 1.82) is 0 Å². The molecule has 6 heteroatoms. The van der Waals surface area contributed by atoms with Crippen LogP contribution in [0.4, 0.5) is 5.95 Å². The van der Waals surface area contributed by atoms with E-state index in [9.17, 15) is 9.90 Å². The number of methoxy groups -OCH3 is 1. The molecule has 86 valence electrons. The van der Waals surface area contributed by atoms with E-state index >= 15 is 0 Å². The van der Waals surface area contributed by atoms with Crippen LogP contribution in [0.25, 0.3) is 0 Å². The van der Waals surface area contributed by atoms with Crippen molar-refractivity contribution in [2.75, 3.05) is 25.1 Å². The Kier molecular flexibility index (Phi) is 3.00. The summed E-state index contributed by atoms with van der Waals surface area (Å²) in [7, 11) is 1.31. The number of ether oxygens (including phenoxy) is 1. The molecule has 2 heterocycles. The molecule has 0 radical (unpaired) electrons. The molecular formula is C10H13N3O3. The molecule has 1 aliphatic heterocycles. The fraction of sp³-hybridized carbons (Fsp3) is 0.500. The number of rotatable bonds is 2. The molecule has 0 spiro atoms. The van der Waals surface area contributed by atoms with Crippen LogP contribution in [-0.2, 0) is 4.74 Å². The van der Waals surface area contributed by atoms with Crippen LogP contribution in [0, 0.1) is 0 Å². The minimum absolute atomic E-state index is 0.316. The van der Waals surface area contributed by atoms with E-state index in [1.807, 2.05) is 4.90 Å². The van der Waals surface area contributed by atoms with Gasteiger partial charge >= 0.3 is 5.97 Å². The molecule has 0 unspecified atom stereocenters. The molecule has 0 aromatic carbocycles. The normalized spacial score (nSPS) is 19.9. The predicted octanol–water partition coefficient (Wildman–Crippen LogP) is -0.166. The number of aliphatic hydroxyl groups is 1. The first-order chi connectivity index (χ1) is 7.70. The zero-order valence-electron chi connectivity index (χ0n) is 8.96. The molecule has 0 amide bonds. The third kappa shape index (κ3) is 2.11. The lowest BCUT2D eigenvalue weighted by Crippen LogP contribution is -2.23. The number of hydrogen-bond acceptors (Lipinski definition) is 6. The monoisotopic (exact) mass is 223 g/mol. The Morgan fingerprint density at radius 1 is 1.56 bits per heavy atom. The third-order valence-corrected chi connectivity index (χ3v) is 2.51. The zero-order chi connectivity index (χ0) is 11.5. The van der Waals surface area contributed by atoms with Crippen molar-refractivity contribution < 1.29 is 14.6 Å². The lowest BCUT2D eigenvalue weighted by atomic mass is 10.3. The summed E-state index contributed by atoms with van der Waals surface area (Å²) in [4.78, 5) is 21.2. The van der Waals surface area contributed by atoms with Gasteiger partial charge in [-0.25, -0.2) is 14.8 Å². The number of β-amino-alcohol motifs (C(OH)–C–C–N with tert-alkyl or cyclic N) is 1. The van der Waals surface area contributed by atoms with E-state index in [0.717, 1.165) is 13.0 Å². The summed E-state index contributed by atoms with van der Waals surface area (Å²) < 4.78 is 4.55. The van der Waals surface area contributed by atoms with Crippen molar-refractivity contribution in [1.82, 2.24) is 9.97 Å². The lowest BCUT2D eigenvalue weighted by molar-refractivity contribution is 0.0599. The van der Waals surface area contributed by atoms with E-state index in [4.69, 9.17) is 0 Å². The highest BCUT2D eigenvalue weighted by molar-refractivity contribution is 5.88. The van der Waals surface area contributed by atoms with Crippen LogP contribution < -0.4 is 4.90 Å². The van der Waals surface area contributed by atoms with Crippen molar-refractivity contribution in [3.05, 3.63) is 18.0 Å². The molecule has 0 aliphatic carbocycles. The van der Waals surface area contributed by atoms with E-state index in [2.05, 4.69) is 14.7 Å². The second-order valence-electron chi connectivity index (χ2n) is 3.65. The number of aliphatic hydroxyl groups excluding tert-OH is 1. The molecule has 2 rings (SSSR count). The molecule has 0 bridgehead atoms. The molecule has 1 aromatic heterocycles. The maximum atomic E-state index is 11.1. The number of carbonyl (C=O) groups excluding carboxylic acids is 1. The van der Waals surface area contributed by atoms with Crippen molar-refractivity contribution in [2.24, 2.45) is 0 Å². The van der Waals surface area contributed by atoms with Gasteiger partial charge in [0, 0.05) is 25.5 Å². The zero-order valence-corrected chi connectivity index (χ0v) is 8.96. The minimum atomic E-state index is -0.451. The topological polar surface area (TPSA) is 75.5 Å². The van der Waals surface area contributed by atoms with Gasteiger partial charge in [0.25, 0.3) is 0 Å². The Morgan fingerprint density at radius 2 is 2.25 bits per heavy atom. The van der Waals surface area contributed by atoms with Crippen LogP contribution in [0.3, 0.4) is 0 Å². The van der Waals surface area contributed by atoms with Crippen molar-refractivity contribution in [3.63, 3.8) is 0 Å². The van der Waals surface area contributed by atoms with Gasteiger partial charge in [-0.1, -0.05) is 0 Å². The van der Waals surface area contributed by atoms with Gasteiger partial charge < -0.3 is 14.7 Å².